The van der Waals surface area contributed by atoms with Crippen molar-refractivity contribution in [2.24, 2.45) is 5.92 Å². The molecule has 2 bridgehead atoms. The molecular formula is C19H23N3O4. The third-order valence-corrected chi connectivity index (χ3v) is 5.47. The van der Waals surface area contributed by atoms with E-state index in [2.05, 4.69) is 22.1 Å². The van der Waals surface area contributed by atoms with Gasteiger partial charge in [-0.3, -0.25) is 9.69 Å². The van der Waals surface area contributed by atoms with Crippen molar-refractivity contribution in [3.05, 3.63) is 36.1 Å². The number of hydrogen-bond acceptors (Lipinski definition) is 6. The molecule has 1 aromatic carbocycles. The first-order valence-electron chi connectivity index (χ1n) is 8.96. The normalized spacial score (nSPS) is 27.2. The second-order valence-electron chi connectivity index (χ2n) is 6.90. The molecule has 138 valence electrons. The van der Waals surface area contributed by atoms with Gasteiger partial charge in [0.2, 0.25) is 0 Å². The number of nitrogens with zero attached hydrogens (tertiary/aromatic N) is 2. The van der Waals surface area contributed by atoms with Gasteiger partial charge in [0.15, 0.2) is 6.26 Å². The lowest BCUT2D eigenvalue weighted by Crippen LogP contribution is -2.62. The number of aromatic nitrogens is 1. The van der Waals surface area contributed by atoms with Crippen LogP contribution in [0, 0.1) is 5.92 Å². The number of nitrogens with one attached hydrogen (secondary N) is 1. The van der Waals surface area contributed by atoms with E-state index >= 15 is 0 Å². The Bertz CT molecular complexity index is 763. The zero-order valence-electron chi connectivity index (χ0n) is 15.0. The average Bonchev–Trinajstić information content (AvgIpc) is 3.13. The number of oxazole rings is 1. The summed E-state index contributed by atoms with van der Waals surface area (Å²) in [5.41, 5.74) is 0.617. The Hall–Kier alpha value is -2.54. The minimum atomic E-state index is -0.0417. The van der Waals surface area contributed by atoms with Crippen LogP contribution in [0.5, 0.6) is 17.7 Å². The summed E-state index contributed by atoms with van der Waals surface area (Å²) in [6, 6.07) is 7.57. The number of piperidine rings is 3. The molecule has 0 unspecified atom stereocenters. The maximum absolute atomic E-state index is 12.6. The fourth-order valence-electron chi connectivity index (χ4n) is 3.94. The van der Waals surface area contributed by atoms with Crippen LogP contribution in [0.25, 0.3) is 0 Å². The molecule has 7 nitrogen and oxygen atoms in total. The van der Waals surface area contributed by atoms with Crippen molar-refractivity contribution in [2.45, 2.75) is 31.8 Å². The molecule has 3 saturated heterocycles. The van der Waals surface area contributed by atoms with Crippen molar-refractivity contribution in [3.63, 3.8) is 0 Å². The van der Waals surface area contributed by atoms with Crippen LogP contribution in [0.4, 0.5) is 0 Å². The standard InChI is InChI=1S/C19H23N3O4/c1-12-17(13-7-9-22(12)10-8-13)21-18(23)14-3-5-15(6-4-14)26-19-20-16(24-2)11-25-19/h3-6,11-13,17H,7-10H2,1-2H3,(H,21,23)/t12-,17-/m0/s1. The van der Waals surface area contributed by atoms with Crippen LogP contribution in [0.1, 0.15) is 30.1 Å². The van der Waals surface area contributed by atoms with Gasteiger partial charge in [-0.05, 0) is 63.0 Å². The third kappa shape index (κ3) is 3.26. The van der Waals surface area contributed by atoms with Crippen LogP contribution >= 0.6 is 0 Å². The highest BCUT2D eigenvalue weighted by Gasteiger charge is 2.40. The molecule has 3 fully saturated rings. The summed E-state index contributed by atoms with van der Waals surface area (Å²) in [5, 5.41) is 3.23. The van der Waals surface area contributed by atoms with Crippen LogP contribution in [-0.4, -0.2) is 48.1 Å². The lowest BCUT2D eigenvalue weighted by Gasteiger charge is -2.49. The Morgan fingerprint density at radius 3 is 2.62 bits per heavy atom. The largest absolute Gasteiger partial charge is 0.479 e. The lowest BCUT2D eigenvalue weighted by atomic mass is 9.79. The number of carbonyl (C=O) groups excluding carboxylic acids is 1. The molecule has 2 atom stereocenters. The highest BCUT2D eigenvalue weighted by atomic mass is 16.6. The Morgan fingerprint density at radius 2 is 2.00 bits per heavy atom. The maximum atomic E-state index is 12.6. The molecule has 7 heteroatoms. The summed E-state index contributed by atoms with van der Waals surface area (Å²) in [5.74, 6) is 1.44. The van der Waals surface area contributed by atoms with E-state index in [0.29, 0.717) is 29.2 Å². The first kappa shape index (κ1) is 16.9. The smallest absolute Gasteiger partial charge is 0.402 e. The molecule has 3 aliphatic rings. The molecule has 1 aromatic heterocycles. The number of hydrogen-bond donors (Lipinski definition) is 1. The summed E-state index contributed by atoms with van der Waals surface area (Å²) >= 11 is 0. The molecule has 5 rings (SSSR count). The van der Waals surface area contributed by atoms with E-state index in [0.717, 1.165) is 13.1 Å². The number of rotatable bonds is 5. The van der Waals surface area contributed by atoms with E-state index in [1.807, 2.05) is 0 Å². The van der Waals surface area contributed by atoms with Crippen molar-refractivity contribution in [1.82, 2.24) is 15.2 Å². The van der Waals surface area contributed by atoms with Crippen LogP contribution in [-0.2, 0) is 0 Å². The quantitative estimate of drug-likeness (QED) is 0.887. The highest BCUT2D eigenvalue weighted by Crippen LogP contribution is 2.32. The van der Waals surface area contributed by atoms with Crippen LogP contribution < -0.4 is 14.8 Å². The molecule has 3 aliphatic heterocycles. The molecule has 2 aromatic rings. The lowest BCUT2D eigenvalue weighted by molar-refractivity contribution is 0.0217. The van der Waals surface area contributed by atoms with Gasteiger partial charge in [0.05, 0.1) is 7.11 Å². The van der Waals surface area contributed by atoms with Crippen molar-refractivity contribution in [2.75, 3.05) is 20.2 Å². The number of carbonyl (C=O) groups is 1. The number of ether oxygens (including phenoxy) is 2. The van der Waals surface area contributed by atoms with Gasteiger partial charge < -0.3 is 19.2 Å². The van der Waals surface area contributed by atoms with E-state index in [4.69, 9.17) is 13.9 Å². The van der Waals surface area contributed by atoms with Crippen molar-refractivity contribution in [3.8, 4) is 17.7 Å². The molecule has 0 aliphatic carbocycles. The van der Waals surface area contributed by atoms with Crippen LogP contribution in [0.3, 0.4) is 0 Å². The van der Waals surface area contributed by atoms with Crippen LogP contribution in [0.2, 0.25) is 0 Å². The molecule has 0 radical (unpaired) electrons. The highest BCUT2D eigenvalue weighted by molar-refractivity contribution is 5.94. The number of amides is 1. The van der Waals surface area contributed by atoms with Crippen molar-refractivity contribution >= 4 is 5.91 Å². The Kier molecular flexibility index (Phi) is 4.55. The second kappa shape index (κ2) is 6.99. The van der Waals surface area contributed by atoms with E-state index in [9.17, 15) is 4.79 Å². The molecule has 0 spiro atoms. The number of benzene rings is 1. The SMILES string of the molecule is COc1coc(Oc2ccc(C(=O)N[C@@H]3C4CCN(CC4)[C@H]3C)cc2)n1. The fraction of sp³-hybridized carbons (Fsp3) is 0.474. The Morgan fingerprint density at radius 1 is 1.27 bits per heavy atom. The topological polar surface area (TPSA) is 76.8 Å². The summed E-state index contributed by atoms with van der Waals surface area (Å²) in [6.07, 6.45) is 3.80. The predicted octanol–water partition coefficient (Wildman–Crippen LogP) is 2.69. The fourth-order valence-corrected chi connectivity index (χ4v) is 3.94. The maximum Gasteiger partial charge on any atom is 0.402 e. The van der Waals surface area contributed by atoms with Gasteiger partial charge in [-0.1, -0.05) is 0 Å². The van der Waals surface area contributed by atoms with Gasteiger partial charge in [-0.25, -0.2) is 0 Å². The van der Waals surface area contributed by atoms with Gasteiger partial charge in [0, 0.05) is 17.6 Å². The average molecular weight is 357 g/mol. The summed E-state index contributed by atoms with van der Waals surface area (Å²) in [7, 11) is 1.50. The van der Waals surface area contributed by atoms with Crippen molar-refractivity contribution < 1.29 is 18.7 Å². The minimum Gasteiger partial charge on any atom is -0.479 e. The minimum absolute atomic E-state index is 0.0417. The molecular weight excluding hydrogens is 334 g/mol. The van der Waals surface area contributed by atoms with Gasteiger partial charge >= 0.3 is 6.08 Å². The van der Waals surface area contributed by atoms with E-state index < -0.39 is 0 Å². The molecule has 26 heavy (non-hydrogen) atoms. The van der Waals surface area contributed by atoms with E-state index in [-0.39, 0.29) is 18.0 Å². The van der Waals surface area contributed by atoms with Crippen LogP contribution in [0.15, 0.2) is 34.9 Å². The van der Waals surface area contributed by atoms with Gasteiger partial charge in [-0.15, -0.1) is 4.98 Å². The summed E-state index contributed by atoms with van der Waals surface area (Å²) in [6.45, 7) is 4.50. The number of methoxy groups -OCH3 is 1. The van der Waals surface area contributed by atoms with Gasteiger partial charge in [0.25, 0.3) is 11.8 Å². The summed E-state index contributed by atoms with van der Waals surface area (Å²) < 4.78 is 15.6. The summed E-state index contributed by atoms with van der Waals surface area (Å²) in [4.78, 5) is 19.1. The zero-order chi connectivity index (χ0) is 18.1. The van der Waals surface area contributed by atoms with E-state index in [1.165, 1.54) is 26.2 Å². The first-order valence-corrected chi connectivity index (χ1v) is 8.96. The Labute approximate surface area is 152 Å². The first-order chi connectivity index (χ1) is 12.6. The predicted molar refractivity (Wildman–Crippen MR) is 94.6 cm³/mol. The molecule has 1 N–H and O–H groups in total. The van der Waals surface area contributed by atoms with Crippen molar-refractivity contribution in [1.29, 1.82) is 0 Å². The molecule has 4 heterocycles. The third-order valence-electron chi connectivity index (χ3n) is 5.47. The van der Waals surface area contributed by atoms with Gasteiger partial charge in [0.1, 0.15) is 5.75 Å². The second-order valence-corrected chi connectivity index (χ2v) is 6.90. The van der Waals surface area contributed by atoms with E-state index in [1.54, 1.807) is 24.3 Å². The number of fused-ring (bicyclic) bond motifs is 3. The monoisotopic (exact) mass is 357 g/mol. The molecule has 0 saturated carbocycles. The van der Waals surface area contributed by atoms with Gasteiger partial charge in [-0.2, -0.15) is 0 Å². The Balaban J connectivity index is 1.39. The molecule has 1 amide bonds. The zero-order valence-corrected chi connectivity index (χ0v) is 15.0.